The molecule has 1 N–H and O–H groups in total. The van der Waals surface area contributed by atoms with Gasteiger partial charge in [0.2, 0.25) is 0 Å². The lowest BCUT2D eigenvalue weighted by Crippen LogP contribution is -2.18. The third-order valence-electron chi connectivity index (χ3n) is 1.23. The molecule has 0 atom stereocenters. The van der Waals surface area contributed by atoms with Crippen LogP contribution in [0.15, 0.2) is 11.6 Å². The van der Waals surface area contributed by atoms with Crippen LogP contribution in [-0.2, 0) is 4.79 Å². The van der Waals surface area contributed by atoms with Crippen LogP contribution in [0.5, 0.6) is 0 Å². The first-order valence-electron chi connectivity index (χ1n) is 3.27. The summed E-state index contributed by atoms with van der Waals surface area (Å²) in [4.78, 5) is 9.98. The number of alkyl halides is 3. The van der Waals surface area contributed by atoms with Crippen molar-refractivity contribution in [3.05, 3.63) is 11.6 Å². The van der Waals surface area contributed by atoms with E-state index in [1.807, 2.05) is 0 Å². The van der Waals surface area contributed by atoms with E-state index in [4.69, 9.17) is 5.11 Å². The molecule has 0 aromatic heterocycles. The van der Waals surface area contributed by atoms with Gasteiger partial charge >= 0.3 is 12.1 Å². The number of carbonyl (C=O) groups is 1. The van der Waals surface area contributed by atoms with Gasteiger partial charge in [0, 0.05) is 11.6 Å². The minimum atomic E-state index is -4.55. The molecular weight excluding hydrogens is 173 g/mol. The second kappa shape index (κ2) is 3.60. The summed E-state index contributed by atoms with van der Waals surface area (Å²) in [6.07, 6.45) is -4.35. The van der Waals surface area contributed by atoms with Crippen molar-refractivity contribution in [1.82, 2.24) is 0 Å². The van der Waals surface area contributed by atoms with Crippen molar-refractivity contribution < 1.29 is 23.1 Å². The zero-order chi connectivity index (χ0) is 9.94. The molecule has 0 spiro atoms. The number of hydrogen-bond acceptors (Lipinski definition) is 1. The number of hydrogen-bond donors (Lipinski definition) is 1. The lowest BCUT2D eigenvalue weighted by molar-refractivity contribution is -0.133. The summed E-state index contributed by atoms with van der Waals surface area (Å²) < 4.78 is 36.0. The number of halogens is 3. The average molecular weight is 182 g/mol. The van der Waals surface area contributed by atoms with Gasteiger partial charge in [-0.15, -0.1) is 0 Å². The van der Waals surface area contributed by atoms with Crippen molar-refractivity contribution in [2.45, 2.75) is 20.0 Å². The highest BCUT2D eigenvalue weighted by molar-refractivity contribution is 5.81. The van der Waals surface area contributed by atoms with Crippen LogP contribution in [0.2, 0.25) is 0 Å². The minimum absolute atomic E-state index is 0.199. The Bertz CT molecular complexity index is 203. The molecule has 0 rings (SSSR count). The van der Waals surface area contributed by atoms with Crippen molar-refractivity contribution in [3.63, 3.8) is 0 Å². The van der Waals surface area contributed by atoms with Crippen LogP contribution in [0.25, 0.3) is 0 Å². The molecule has 2 nitrogen and oxygen atoms in total. The molecule has 0 heterocycles. The molecule has 0 aromatic carbocycles. The summed E-state index contributed by atoms with van der Waals surface area (Å²) in [5.74, 6) is -2.41. The maximum Gasteiger partial charge on any atom is 0.413 e. The summed E-state index contributed by atoms with van der Waals surface area (Å²) in [6, 6.07) is 0. The molecule has 0 radical (unpaired) electrons. The standard InChI is InChI=1S/C7H9F3O2/c1-4(2)5(3-6(11)12)7(8,9)10/h3-4H,1-2H3,(H,11,12)/b5-3-. The van der Waals surface area contributed by atoms with Crippen LogP contribution in [0, 0.1) is 5.92 Å². The normalized spacial score (nSPS) is 13.7. The highest BCUT2D eigenvalue weighted by Gasteiger charge is 2.35. The van der Waals surface area contributed by atoms with Crippen molar-refractivity contribution >= 4 is 5.97 Å². The van der Waals surface area contributed by atoms with Gasteiger partial charge in [-0.25, -0.2) is 4.79 Å². The van der Waals surface area contributed by atoms with Crippen LogP contribution in [0.1, 0.15) is 13.8 Å². The van der Waals surface area contributed by atoms with Gasteiger partial charge in [0.25, 0.3) is 0 Å². The largest absolute Gasteiger partial charge is 0.478 e. The van der Waals surface area contributed by atoms with Crippen LogP contribution in [0.3, 0.4) is 0 Å². The predicted molar refractivity (Wildman–Crippen MR) is 36.6 cm³/mol. The molecule has 0 unspecified atom stereocenters. The average Bonchev–Trinajstić information content (AvgIpc) is 1.79. The fourth-order valence-corrected chi connectivity index (χ4v) is 0.709. The second-order valence-electron chi connectivity index (χ2n) is 2.59. The molecule has 0 aliphatic heterocycles. The molecule has 70 valence electrons. The Hall–Kier alpha value is -1.00. The molecule has 0 aliphatic carbocycles. The molecule has 5 heteroatoms. The van der Waals surface area contributed by atoms with E-state index in [1.54, 1.807) is 0 Å². The maximum atomic E-state index is 12.0. The predicted octanol–water partition coefficient (Wildman–Crippen LogP) is 2.22. The maximum absolute atomic E-state index is 12.0. The zero-order valence-corrected chi connectivity index (χ0v) is 6.64. The van der Waals surface area contributed by atoms with Gasteiger partial charge in [-0.05, 0) is 5.92 Å². The topological polar surface area (TPSA) is 37.3 Å². The van der Waals surface area contributed by atoms with Gasteiger partial charge in [-0.1, -0.05) is 13.8 Å². The summed E-state index contributed by atoms with van der Waals surface area (Å²) >= 11 is 0. The molecule has 0 fully saturated rings. The molecule has 0 saturated carbocycles. The first-order valence-corrected chi connectivity index (χ1v) is 3.27. The fourth-order valence-electron chi connectivity index (χ4n) is 0.709. The van der Waals surface area contributed by atoms with E-state index < -0.39 is 23.6 Å². The number of carboxylic acid groups (broad SMARTS) is 1. The smallest absolute Gasteiger partial charge is 0.413 e. The monoisotopic (exact) mass is 182 g/mol. The third-order valence-corrected chi connectivity index (χ3v) is 1.23. The number of rotatable bonds is 2. The summed E-state index contributed by atoms with van der Waals surface area (Å²) in [5.41, 5.74) is -1.02. The van der Waals surface area contributed by atoms with E-state index in [0.717, 1.165) is 0 Å². The first kappa shape index (κ1) is 11.0. The number of carboxylic acids is 1. The van der Waals surface area contributed by atoms with Crippen molar-refractivity contribution in [3.8, 4) is 0 Å². The van der Waals surface area contributed by atoms with Crippen LogP contribution in [0.4, 0.5) is 13.2 Å². The summed E-state index contributed by atoms with van der Waals surface area (Å²) in [7, 11) is 0. The van der Waals surface area contributed by atoms with Crippen LogP contribution >= 0.6 is 0 Å². The Balaban J connectivity index is 4.80. The van der Waals surface area contributed by atoms with Gasteiger partial charge in [-0.2, -0.15) is 13.2 Å². The highest BCUT2D eigenvalue weighted by atomic mass is 19.4. The van der Waals surface area contributed by atoms with E-state index in [-0.39, 0.29) is 6.08 Å². The van der Waals surface area contributed by atoms with Gasteiger partial charge in [0.05, 0.1) is 0 Å². The highest BCUT2D eigenvalue weighted by Crippen LogP contribution is 2.30. The quantitative estimate of drug-likeness (QED) is 0.665. The SMILES string of the molecule is CC(C)/C(=C/C(=O)O)C(F)(F)F. The van der Waals surface area contributed by atoms with Gasteiger partial charge in [0.15, 0.2) is 0 Å². The lowest BCUT2D eigenvalue weighted by atomic mass is 10.0. The summed E-state index contributed by atoms with van der Waals surface area (Å²) in [6.45, 7) is 2.59. The molecule has 12 heavy (non-hydrogen) atoms. The van der Waals surface area contributed by atoms with Crippen LogP contribution in [-0.4, -0.2) is 17.3 Å². The van der Waals surface area contributed by atoms with Crippen molar-refractivity contribution in [2.75, 3.05) is 0 Å². The summed E-state index contributed by atoms with van der Waals surface area (Å²) in [5, 5.41) is 8.12. The lowest BCUT2D eigenvalue weighted by Gasteiger charge is -2.13. The Labute approximate surface area is 67.7 Å². The Kier molecular flexibility index (Phi) is 3.30. The Morgan fingerprint density at radius 2 is 1.83 bits per heavy atom. The molecule has 0 aromatic rings. The van der Waals surface area contributed by atoms with Gasteiger partial charge in [-0.3, -0.25) is 0 Å². The molecular formula is C7H9F3O2. The van der Waals surface area contributed by atoms with E-state index in [0.29, 0.717) is 0 Å². The minimum Gasteiger partial charge on any atom is -0.478 e. The molecule has 0 aliphatic rings. The molecule has 0 amide bonds. The van der Waals surface area contributed by atoms with E-state index in [2.05, 4.69) is 0 Å². The van der Waals surface area contributed by atoms with E-state index in [9.17, 15) is 18.0 Å². The second-order valence-corrected chi connectivity index (χ2v) is 2.59. The fraction of sp³-hybridized carbons (Fsp3) is 0.571. The van der Waals surface area contributed by atoms with E-state index >= 15 is 0 Å². The van der Waals surface area contributed by atoms with Crippen molar-refractivity contribution in [2.24, 2.45) is 5.92 Å². The molecule has 0 saturated heterocycles. The van der Waals surface area contributed by atoms with Gasteiger partial charge in [0.1, 0.15) is 0 Å². The third kappa shape index (κ3) is 3.41. The first-order chi connectivity index (χ1) is 5.25. The molecule has 0 bridgehead atoms. The Morgan fingerprint density at radius 1 is 1.42 bits per heavy atom. The Morgan fingerprint density at radius 3 is 1.92 bits per heavy atom. The van der Waals surface area contributed by atoms with E-state index in [1.165, 1.54) is 13.8 Å². The number of allylic oxidation sites excluding steroid dienone is 1. The van der Waals surface area contributed by atoms with Crippen molar-refractivity contribution in [1.29, 1.82) is 0 Å². The zero-order valence-electron chi connectivity index (χ0n) is 6.64. The number of aliphatic carboxylic acids is 1. The van der Waals surface area contributed by atoms with Crippen LogP contribution < -0.4 is 0 Å². The van der Waals surface area contributed by atoms with Gasteiger partial charge < -0.3 is 5.11 Å².